The van der Waals surface area contributed by atoms with Crippen molar-refractivity contribution < 1.29 is 0 Å². The molecule has 1 nitrogen and oxygen atoms in total. The highest BCUT2D eigenvalue weighted by Gasteiger charge is 2.14. The van der Waals surface area contributed by atoms with Crippen LogP contribution in [-0.2, 0) is 6.42 Å². The molecule has 0 amide bonds. The van der Waals surface area contributed by atoms with Gasteiger partial charge >= 0.3 is 0 Å². The van der Waals surface area contributed by atoms with E-state index >= 15 is 0 Å². The van der Waals surface area contributed by atoms with Gasteiger partial charge in [-0.05, 0) is 58.6 Å². The zero-order chi connectivity index (χ0) is 14.3. The molecule has 0 fully saturated rings. The van der Waals surface area contributed by atoms with E-state index in [1.165, 1.54) is 36.8 Å². The molecule has 0 saturated carbocycles. The second-order valence-corrected chi connectivity index (χ2v) is 6.83. The van der Waals surface area contributed by atoms with E-state index in [0.29, 0.717) is 0 Å². The molecule has 0 bridgehead atoms. The van der Waals surface area contributed by atoms with Crippen LogP contribution >= 0.6 is 0 Å². The first-order valence-corrected chi connectivity index (χ1v) is 7.71. The molecule has 0 spiro atoms. The first kappa shape index (κ1) is 16.2. The minimum absolute atomic E-state index is 0.220. The maximum Gasteiger partial charge on any atom is 0.00966 e. The molecule has 0 aromatic heterocycles. The van der Waals surface area contributed by atoms with E-state index < -0.39 is 0 Å². The number of nitrogens with one attached hydrogen (secondary N) is 1. The SMILES string of the molecule is CCCCC(CNC(C)(C)C)Cc1ccc(C)cc1. The Hall–Kier alpha value is -0.820. The van der Waals surface area contributed by atoms with Crippen LogP contribution in [0, 0.1) is 12.8 Å². The molecule has 1 atom stereocenters. The third-order valence-electron chi connectivity index (χ3n) is 3.53. The number of rotatable bonds is 7. The Morgan fingerprint density at radius 1 is 1.11 bits per heavy atom. The van der Waals surface area contributed by atoms with Crippen molar-refractivity contribution in [1.29, 1.82) is 0 Å². The normalized spacial score (nSPS) is 13.5. The van der Waals surface area contributed by atoms with Crippen LogP contribution < -0.4 is 5.32 Å². The van der Waals surface area contributed by atoms with Crippen molar-refractivity contribution >= 4 is 0 Å². The summed E-state index contributed by atoms with van der Waals surface area (Å²) in [5, 5.41) is 3.66. The summed E-state index contributed by atoms with van der Waals surface area (Å²) in [5.74, 6) is 0.752. The average Bonchev–Trinajstić information content (AvgIpc) is 2.34. The molecule has 0 aliphatic rings. The molecular formula is C18H31N. The lowest BCUT2D eigenvalue weighted by Gasteiger charge is -2.25. The van der Waals surface area contributed by atoms with Crippen molar-refractivity contribution in [3.8, 4) is 0 Å². The van der Waals surface area contributed by atoms with Crippen molar-refractivity contribution in [2.75, 3.05) is 6.54 Å². The van der Waals surface area contributed by atoms with Gasteiger partial charge < -0.3 is 5.32 Å². The van der Waals surface area contributed by atoms with Gasteiger partial charge in [-0.2, -0.15) is 0 Å². The van der Waals surface area contributed by atoms with E-state index in [1.807, 2.05) is 0 Å². The van der Waals surface area contributed by atoms with Crippen molar-refractivity contribution in [2.45, 2.75) is 65.8 Å². The van der Waals surface area contributed by atoms with Crippen LogP contribution in [0.15, 0.2) is 24.3 Å². The smallest absolute Gasteiger partial charge is 0.00966 e. The summed E-state index contributed by atoms with van der Waals surface area (Å²) in [6.07, 6.45) is 5.15. The molecule has 0 heterocycles. The summed E-state index contributed by atoms with van der Waals surface area (Å²) >= 11 is 0. The monoisotopic (exact) mass is 261 g/mol. The van der Waals surface area contributed by atoms with Gasteiger partial charge in [-0.3, -0.25) is 0 Å². The number of unbranched alkanes of at least 4 members (excludes halogenated alkanes) is 1. The standard InChI is InChI=1S/C18H31N/c1-6-7-8-17(14-19-18(3,4)5)13-16-11-9-15(2)10-12-16/h9-12,17,19H,6-8,13-14H2,1-5H3. The van der Waals surface area contributed by atoms with Crippen LogP contribution in [0.2, 0.25) is 0 Å². The van der Waals surface area contributed by atoms with E-state index in [0.717, 1.165) is 12.5 Å². The lowest BCUT2D eigenvalue weighted by atomic mass is 9.93. The molecular weight excluding hydrogens is 230 g/mol. The average molecular weight is 261 g/mol. The van der Waals surface area contributed by atoms with Gasteiger partial charge in [-0.15, -0.1) is 0 Å². The number of hydrogen-bond acceptors (Lipinski definition) is 1. The molecule has 1 heteroatoms. The van der Waals surface area contributed by atoms with E-state index in [4.69, 9.17) is 0 Å². The highest BCUT2D eigenvalue weighted by atomic mass is 14.9. The molecule has 1 rings (SSSR count). The Bertz CT molecular complexity index is 345. The number of benzene rings is 1. The lowest BCUT2D eigenvalue weighted by molar-refractivity contribution is 0.351. The predicted octanol–water partition coefficient (Wildman–Crippen LogP) is 4.73. The molecule has 0 radical (unpaired) electrons. The van der Waals surface area contributed by atoms with Crippen molar-refractivity contribution in [3.05, 3.63) is 35.4 Å². The highest BCUT2D eigenvalue weighted by Crippen LogP contribution is 2.16. The summed E-state index contributed by atoms with van der Waals surface area (Å²) in [5.41, 5.74) is 3.04. The van der Waals surface area contributed by atoms with Crippen LogP contribution in [0.3, 0.4) is 0 Å². The molecule has 19 heavy (non-hydrogen) atoms. The maximum atomic E-state index is 3.66. The van der Waals surface area contributed by atoms with Gasteiger partial charge in [0.2, 0.25) is 0 Å². The minimum Gasteiger partial charge on any atom is -0.312 e. The molecule has 0 aliphatic heterocycles. The molecule has 1 unspecified atom stereocenters. The van der Waals surface area contributed by atoms with E-state index in [-0.39, 0.29) is 5.54 Å². The molecule has 1 aromatic carbocycles. The summed E-state index contributed by atoms with van der Waals surface area (Å²) in [6, 6.07) is 9.02. The van der Waals surface area contributed by atoms with Crippen molar-refractivity contribution in [3.63, 3.8) is 0 Å². The summed E-state index contributed by atoms with van der Waals surface area (Å²) < 4.78 is 0. The Balaban J connectivity index is 2.55. The van der Waals surface area contributed by atoms with Crippen LogP contribution in [-0.4, -0.2) is 12.1 Å². The molecule has 1 aromatic rings. The summed E-state index contributed by atoms with van der Waals surface area (Å²) in [6.45, 7) is 12.3. The van der Waals surface area contributed by atoms with E-state index in [2.05, 4.69) is 64.2 Å². The van der Waals surface area contributed by atoms with E-state index in [9.17, 15) is 0 Å². The summed E-state index contributed by atoms with van der Waals surface area (Å²) in [4.78, 5) is 0. The third-order valence-corrected chi connectivity index (χ3v) is 3.53. The zero-order valence-corrected chi connectivity index (χ0v) is 13.4. The second-order valence-electron chi connectivity index (χ2n) is 6.83. The highest BCUT2D eigenvalue weighted by molar-refractivity contribution is 5.21. The Kier molecular flexibility index (Phi) is 6.57. The van der Waals surface area contributed by atoms with Crippen LogP contribution in [0.4, 0.5) is 0 Å². The quantitative estimate of drug-likeness (QED) is 0.748. The predicted molar refractivity (Wildman–Crippen MR) is 85.7 cm³/mol. The Labute approximate surface area is 119 Å². The topological polar surface area (TPSA) is 12.0 Å². The minimum atomic E-state index is 0.220. The fourth-order valence-corrected chi connectivity index (χ4v) is 2.28. The largest absolute Gasteiger partial charge is 0.312 e. The van der Waals surface area contributed by atoms with Crippen LogP contribution in [0.5, 0.6) is 0 Å². The molecule has 1 N–H and O–H groups in total. The third kappa shape index (κ3) is 7.37. The Morgan fingerprint density at radius 2 is 1.74 bits per heavy atom. The van der Waals surface area contributed by atoms with Crippen molar-refractivity contribution in [1.82, 2.24) is 5.32 Å². The zero-order valence-electron chi connectivity index (χ0n) is 13.4. The summed E-state index contributed by atoms with van der Waals surface area (Å²) in [7, 11) is 0. The molecule has 108 valence electrons. The molecule has 0 aliphatic carbocycles. The first-order valence-electron chi connectivity index (χ1n) is 7.71. The second kappa shape index (κ2) is 7.69. The van der Waals surface area contributed by atoms with Gasteiger partial charge in [-0.1, -0.05) is 49.6 Å². The first-order chi connectivity index (χ1) is 8.90. The number of aryl methyl sites for hydroxylation is 1. The van der Waals surface area contributed by atoms with Gasteiger partial charge in [0.15, 0.2) is 0 Å². The van der Waals surface area contributed by atoms with Gasteiger partial charge in [0.05, 0.1) is 0 Å². The fraction of sp³-hybridized carbons (Fsp3) is 0.667. The van der Waals surface area contributed by atoms with Crippen LogP contribution in [0.25, 0.3) is 0 Å². The number of hydrogen-bond donors (Lipinski definition) is 1. The van der Waals surface area contributed by atoms with E-state index in [1.54, 1.807) is 0 Å². The lowest BCUT2D eigenvalue weighted by Crippen LogP contribution is -2.39. The molecule has 0 saturated heterocycles. The van der Waals surface area contributed by atoms with Gasteiger partial charge in [0.1, 0.15) is 0 Å². The maximum absolute atomic E-state index is 3.66. The Morgan fingerprint density at radius 3 is 2.26 bits per heavy atom. The van der Waals surface area contributed by atoms with Gasteiger partial charge in [-0.25, -0.2) is 0 Å². The van der Waals surface area contributed by atoms with Crippen LogP contribution in [0.1, 0.15) is 58.1 Å². The van der Waals surface area contributed by atoms with Gasteiger partial charge in [0.25, 0.3) is 0 Å². The fourth-order valence-electron chi connectivity index (χ4n) is 2.28. The van der Waals surface area contributed by atoms with Gasteiger partial charge in [0, 0.05) is 5.54 Å². The van der Waals surface area contributed by atoms with Crippen molar-refractivity contribution in [2.24, 2.45) is 5.92 Å².